The molecule has 3 rings (SSSR count). The van der Waals surface area contributed by atoms with E-state index in [2.05, 4.69) is 24.8 Å². The molecule has 0 radical (unpaired) electrons. The minimum Gasteiger partial charge on any atom is -0.434 e. The predicted molar refractivity (Wildman–Crippen MR) is 94.9 cm³/mol. The average Bonchev–Trinajstić information content (AvgIpc) is 2.61. The van der Waals surface area contributed by atoms with Crippen LogP contribution in [0.3, 0.4) is 0 Å². The number of allylic oxidation sites excluding steroid dienone is 1. The Labute approximate surface area is 142 Å². The third kappa shape index (κ3) is 3.45. The summed E-state index contributed by atoms with van der Waals surface area (Å²) in [4.78, 5) is 0. The first-order valence-corrected chi connectivity index (χ1v) is 8.75. The number of fused-ring (bicyclic) bond motifs is 1. The molecule has 0 atom stereocenters. The summed E-state index contributed by atoms with van der Waals surface area (Å²) < 4.78 is 30.4. The van der Waals surface area contributed by atoms with Crippen LogP contribution < -0.4 is 4.74 Å². The molecule has 1 nitrogen and oxygen atoms in total. The number of rotatable bonds is 5. The van der Waals surface area contributed by atoms with E-state index in [1.54, 1.807) is 0 Å². The maximum Gasteiger partial charge on any atom is 0.387 e. The van der Waals surface area contributed by atoms with Crippen molar-refractivity contribution >= 4 is 10.8 Å². The Morgan fingerprint density at radius 1 is 1.17 bits per heavy atom. The van der Waals surface area contributed by atoms with Gasteiger partial charge < -0.3 is 4.74 Å². The second-order valence-electron chi connectivity index (χ2n) is 6.61. The number of ether oxygens (including phenoxy) is 1. The van der Waals surface area contributed by atoms with Crippen molar-refractivity contribution in [1.29, 1.82) is 0 Å². The normalized spacial score (nSPS) is 21.2. The van der Waals surface area contributed by atoms with E-state index in [0.29, 0.717) is 24.0 Å². The molecule has 0 spiro atoms. The largest absolute Gasteiger partial charge is 0.434 e. The van der Waals surface area contributed by atoms with Crippen LogP contribution in [0, 0.1) is 5.92 Å². The summed E-state index contributed by atoms with van der Waals surface area (Å²) >= 11 is 0. The minimum absolute atomic E-state index is 0.326. The fourth-order valence-electron chi connectivity index (χ4n) is 3.81. The summed E-state index contributed by atoms with van der Waals surface area (Å²) in [6.45, 7) is 3.05. The lowest BCUT2D eigenvalue weighted by Gasteiger charge is -2.27. The van der Waals surface area contributed by atoms with E-state index in [0.717, 1.165) is 29.2 Å². The first-order valence-electron chi connectivity index (χ1n) is 8.75. The van der Waals surface area contributed by atoms with Gasteiger partial charge in [-0.1, -0.05) is 43.3 Å². The van der Waals surface area contributed by atoms with E-state index in [-0.39, 0.29) is 0 Å². The molecule has 2 aromatic carbocycles. The Morgan fingerprint density at radius 2 is 1.92 bits per heavy atom. The number of alkyl halides is 2. The molecule has 128 valence electrons. The van der Waals surface area contributed by atoms with Crippen molar-refractivity contribution < 1.29 is 13.5 Å². The monoisotopic (exact) mass is 330 g/mol. The molecule has 0 aliphatic heterocycles. The zero-order valence-corrected chi connectivity index (χ0v) is 14.1. The standard InChI is InChI=1S/C21H24F2O/c1-3-14-5-7-16(8-6-14)17-11-12-19-18(13-17)10-9-15(4-2)20(19)24-21(22)23/h3,9-14,16,21H,1,4-8H2,2H3. The van der Waals surface area contributed by atoms with Crippen LogP contribution in [0.15, 0.2) is 43.0 Å². The van der Waals surface area contributed by atoms with Crippen LogP contribution in [0.5, 0.6) is 5.75 Å². The van der Waals surface area contributed by atoms with E-state index in [4.69, 9.17) is 4.74 Å². The van der Waals surface area contributed by atoms with Gasteiger partial charge in [-0.25, -0.2) is 0 Å². The van der Waals surface area contributed by atoms with Gasteiger partial charge in [-0.05, 0) is 60.5 Å². The Balaban J connectivity index is 1.93. The highest BCUT2D eigenvalue weighted by Gasteiger charge is 2.21. The van der Waals surface area contributed by atoms with Crippen molar-refractivity contribution in [3.63, 3.8) is 0 Å². The number of halogens is 2. The molecule has 2 aromatic rings. The molecule has 1 saturated carbocycles. The van der Waals surface area contributed by atoms with Gasteiger partial charge in [-0.2, -0.15) is 8.78 Å². The fraction of sp³-hybridized carbons (Fsp3) is 0.429. The predicted octanol–water partition coefficient (Wildman–Crippen LogP) is 6.46. The van der Waals surface area contributed by atoms with E-state index in [1.165, 1.54) is 18.4 Å². The van der Waals surface area contributed by atoms with Crippen LogP contribution in [0.2, 0.25) is 0 Å². The van der Waals surface area contributed by atoms with Crippen LogP contribution in [-0.4, -0.2) is 6.61 Å². The van der Waals surface area contributed by atoms with Crippen molar-refractivity contribution in [2.45, 2.75) is 51.6 Å². The molecule has 1 aliphatic rings. The smallest absolute Gasteiger partial charge is 0.387 e. The Kier molecular flexibility index (Phi) is 5.17. The average molecular weight is 330 g/mol. The molecule has 0 heterocycles. The quantitative estimate of drug-likeness (QED) is 0.571. The summed E-state index contributed by atoms with van der Waals surface area (Å²) in [5, 5.41) is 1.75. The van der Waals surface area contributed by atoms with Crippen LogP contribution in [-0.2, 0) is 6.42 Å². The number of aryl methyl sites for hydroxylation is 1. The zero-order valence-electron chi connectivity index (χ0n) is 14.1. The van der Waals surface area contributed by atoms with Crippen LogP contribution in [0.1, 0.15) is 49.7 Å². The molecule has 0 bridgehead atoms. The van der Waals surface area contributed by atoms with Gasteiger partial charge in [0, 0.05) is 5.39 Å². The highest BCUT2D eigenvalue weighted by Crippen LogP contribution is 2.39. The highest BCUT2D eigenvalue weighted by atomic mass is 19.3. The van der Waals surface area contributed by atoms with E-state index in [9.17, 15) is 8.78 Å². The van der Waals surface area contributed by atoms with Gasteiger partial charge in [0.25, 0.3) is 0 Å². The molecule has 0 aromatic heterocycles. The lowest BCUT2D eigenvalue weighted by Crippen LogP contribution is -2.11. The summed E-state index contributed by atoms with van der Waals surface area (Å²) in [7, 11) is 0. The zero-order chi connectivity index (χ0) is 17.1. The van der Waals surface area contributed by atoms with Gasteiger partial charge in [0.05, 0.1) is 0 Å². The van der Waals surface area contributed by atoms with Gasteiger partial charge in [0.2, 0.25) is 0 Å². The SMILES string of the molecule is C=CC1CCC(c2ccc3c(OC(F)F)c(CC)ccc3c2)CC1. The molecule has 0 saturated heterocycles. The summed E-state index contributed by atoms with van der Waals surface area (Å²) in [6.07, 6.45) is 7.43. The minimum atomic E-state index is -2.80. The molecule has 24 heavy (non-hydrogen) atoms. The van der Waals surface area contributed by atoms with E-state index >= 15 is 0 Å². The van der Waals surface area contributed by atoms with Gasteiger partial charge >= 0.3 is 6.61 Å². The van der Waals surface area contributed by atoms with Crippen LogP contribution in [0.4, 0.5) is 8.78 Å². The molecule has 1 fully saturated rings. The number of benzene rings is 2. The fourth-order valence-corrected chi connectivity index (χ4v) is 3.81. The topological polar surface area (TPSA) is 9.23 Å². The highest BCUT2D eigenvalue weighted by molar-refractivity contribution is 5.90. The second kappa shape index (κ2) is 7.33. The van der Waals surface area contributed by atoms with Crippen molar-refractivity contribution in [3.8, 4) is 5.75 Å². The van der Waals surface area contributed by atoms with Gasteiger partial charge in [0.1, 0.15) is 5.75 Å². The van der Waals surface area contributed by atoms with E-state index < -0.39 is 6.61 Å². The third-order valence-electron chi connectivity index (χ3n) is 5.24. The summed E-state index contributed by atoms with van der Waals surface area (Å²) in [6, 6.07) is 10.1. The van der Waals surface area contributed by atoms with Gasteiger partial charge in [-0.15, -0.1) is 6.58 Å². The van der Waals surface area contributed by atoms with Crippen LogP contribution >= 0.6 is 0 Å². The first kappa shape index (κ1) is 16.9. The number of hydrogen-bond donors (Lipinski definition) is 0. The third-order valence-corrected chi connectivity index (χ3v) is 5.24. The number of hydrogen-bond acceptors (Lipinski definition) is 1. The Bertz CT molecular complexity index is 715. The van der Waals surface area contributed by atoms with Crippen molar-refractivity contribution in [2.75, 3.05) is 0 Å². The lowest BCUT2D eigenvalue weighted by atomic mass is 9.78. The van der Waals surface area contributed by atoms with Crippen molar-refractivity contribution in [2.24, 2.45) is 5.92 Å². The van der Waals surface area contributed by atoms with Gasteiger partial charge in [-0.3, -0.25) is 0 Å². The van der Waals surface area contributed by atoms with Crippen LogP contribution in [0.25, 0.3) is 10.8 Å². The van der Waals surface area contributed by atoms with Crippen molar-refractivity contribution in [1.82, 2.24) is 0 Å². The lowest BCUT2D eigenvalue weighted by molar-refractivity contribution is -0.0493. The Morgan fingerprint density at radius 3 is 2.54 bits per heavy atom. The Hall–Kier alpha value is -1.90. The summed E-state index contributed by atoms with van der Waals surface area (Å²) in [5.74, 6) is 1.52. The first-order chi connectivity index (χ1) is 11.6. The molecule has 1 aliphatic carbocycles. The van der Waals surface area contributed by atoms with E-state index in [1.807, 2.05) is 25.1 Å². The molecule has 0 unspecified atom stereocenters. The van der Waals surface area contributed by atoms with Crippen molar-refractivity contribution in [3.05, 3.63) is 54.1 Å². The molecule has 0 amide bonds. The molecular formula is C21H24F2O. The molecule has 0 N–H and O–H groups in total. The molecule has 3 heteroatoms. The maximum atomic E-state index is 12.8. The second-order valence-corrected chi connectivity index (χ2v) is 6.61. The molecular weight excluding hydrogens is 306 g/mol. The van der Waals surface area contributed by atoms with Gasteiger partial charge in [0.15, 0.2) is 0 Å². The summed E-state index contributed by atoms with van der Waals surface area (Å²) in [5.41, 5.74) is 2.12. The maximum absolute atomic E-state index is 12.8.